The van der Waals surface area contributed by atoms with Crippen molar-refractivity contribution in [3.8, 4) is 0 Å². The summed E-state index contributed by atoms with van der Waals surface area (Å²) >= 11 is 0. The van der Waals surface area contributed by atoms with Crippen molar-refractivity contribution in [3.05, 3.63) is 29.8 Å². The summed E-state index contributed by atoms with van der Waals surface area (Å²) in [5.41, 5.74) is 2.06. The topological polar surface area (TPSA) is 55.4 Å². The molecular weight excluding hydrogens is 298 g/mol. The minimum Gasteiger partial charge on any atom is -0.380 e. The molecule has 5 heteroatoms. The second-order valence-corrected chi connectivity index (χ2v) is 9.01. The third-order valence-electron chi connectivity index (χ3n) is 3.51. The van der Waals surface area contributed by atoms with E-state index in [9.17, 15) is 8.42 Å². The maximum Gasteiger partial charge on any atom is 0.267 e. The van der Waals surface area contributed by atoms with E-state index < -0.39 is 10.1 Å². The zero-order valence-corrected chi connectivity index (χ0v) is 15.4. The fourth-order valence-electron chi connectivity index (χ4n) is 2.13. The second kappa shape index (κ2) is 7.01. The monoisotopic (exact) mass is 327 g/mol. The van der Waals surface area contributed by atoms with Crippen LogP contribution in [0.3, 0.4) is 0 Å². The molecule has 0 aliphatic carbocycles. The molecule has 0 radical (unpaired) electrons. The average molecular weight is 327 g/mol. The van der Waals surface area contributed by atoms with Gasteiger partial charge in [-0.05, 0) is 50.3 Å². The molecule has 0 unspecified atom stereocenters. The number of nitrogens with one attached hydrogen (secondary N) is 1. The van der Waals surface area contributed by atoms with Crippen molar-refractivity contribution < 1.29 is 12.6 Å². The Labute approximate surface area is 135 Å². The summed E-state index contributed by atoms with van der Waals surface area (Å²) in [5, 5.41) is 3.39. The second-order valence-electron chi connectivity index (χ2n) is 7.25. The molecule has 0 saturated carbocycles. The Morgan fingerprint density at radius 3 is 2.05 bits per heavy atom. The highest BCUT2D eigenvalue weighted by Crippen LogP contribution is 2.25. The van der Waals surface area contributed by atoms with Gasteiger partial charge in [-0.15, -0.1) is 0 Å². The molecular formula is C17H29NO3S. The lowest BCUT2D eigenvalue weighted by molar-refractivity contribution is 0.335. The SMILES string of the molecule is CCOS(=O)(=O)CCC(C)(C)Nc1ccc(C(C)(C)C)cc1. The number of hydrogen-bond acceptors (Lipinski definition) is 4. The highest BCUT2D eigenvalue weighted by molar-refractivity contribution is 7.86. The van der Waals surface area contributed by atoms with E-state index in [1.807, 2.05) is 26.0 Å². The molecule has 0 spiro atoms. The van der Waals surface area contributed by atoms with E-state index in [-0.39, 0.29) is 23.3 Å². The molecule has 0 aliphatic rings. The fourth-order valence-corrected chi connectivity index (χ4v) is 3.36. The molecule has 0 bridgehead atoms. The van der Waals surface area contributed by atoms with Gasteiger partial charge in [-0.1, -0.05) is 32.9 Å². The quantitative estimate of drug-likeness (QED) is 0.771. The molecule has 22 heavy (non-hydrogen) atoms. The smallest absolute Gasteiger partial charge is 0.267 e. The van der Waals surface area contributed by atoms with Gasteiger partial charge in [0, 0.05) is 11.2 Å². The standard InChI is InChI=1S/C17H29NO3S/c1-7-21-22(19,20)13-12-17(5,6)18-15-10-8-14(9-11-15)16(2,3)4/h8-11,18H,7,12-13H2,1-6H3. The lowest BCUT2D eigenvalue weighted by atomic mass is 9.87. The van der Waals surface area contributed by atoms with E-state index in [0.717, 1.165) is 5.69 Å². The molecule has 0 heterocycles. The highest BCUT2D eigenvalue weighted by atomic mass is 32.2. The lowest BCUT2D eigenvalue weighted by Gasteiger charge is -2.28. The van der Waals surface area contributed by atoms with E-state index in [1.165, 1.54) is 5.56 Å². The van der Waals surface area contributed by atoms with Crippen molar-refractivity contribution in [2.24, 2.45) is 0 Å². The van der Waals surface area contributed by atoms with Crippen LogP contribution < -0.4 is 5.32 Å². The molecule has 0 amide bonds. The van der Waals surface area contributed by atoms with Crippen LogP contribution in [-0.2, 0) is 19.7 Å². The Bertz CT molecular complexity index is 569. The molecule has 0 fully saturated rings. The first-order valence-electron chi connectivity index (χ1n) is 7.71. The van der Waals surface area contributed by atoms with Crippen LogP contribution in [0.1, 0.15) is 53.5 Å². The van der Waals surface area contributed by atoms with E-state index in [0.29, 0.717) is 6.42 Å². The third-order valence-corrected chi connectivity index (χ3v) is 4.81. The summed E-state index contributed by atoms with van der Waals surface area (Å²) in [6.07, 6.45) is 0.482. The van der Waals surface area contributed by atoms with E-state index in [2.05, 4.69) is 38.2 Å². The molecule has 1 aromatic carbocycles. The Kier molecular flexibility index (Phi) is 6.04. The van der Waals surface area contributed by atoms with Gasteiger partial charge < -0.3 is 5.32 Å². The van der Waals surface area contributed by atoms with Crippen LogP contribution in [0.2, 0.25) is 0 Å². The van der Waals surface area contributed by atoms with Crippen molar-refractivity contribution in [1.82, 2.24) is 0 Å². The predicted molar refractivity (Wildman–Crippen MR) is 92.9 cm³/mol. The zero-order chi connectivity index (χ0) is 17.0. The molecule has 0 aliphatic heterocycles. The zero-order valence-electron chi connectivity index (χ0n) is 14.6. The summed E-state index contributed by atoms with van der Waals surface area (Å²) in [5.74, 6) is 0.0148. The Hall–Kier alpha value is -1.07. The number of hydrogen-bond donors (Lipinski definition) is 1. The fraction of sp³-hybridized carbons (Fsp3) is 0.647. The number of benzene rings is 1. The van der Waals surface area contributed by atoms with Gasteiger partial charge in [0.05, 0.1) is 12.4 Å². The van der Waals surface area contributed by atoms with Crippen LogP contribution in [0.5, 0.6) is 0 Å². The van der Waals surface area contributed by atoms with E-state index in [1.54, 1.807) is 6.92 Å². The Morgan fingerprint density at radius 1 is 1.05 bits per heavy atom. The normalized spacial score (nSPS) is 13.2. The summed E-state index contributed by atoms with van der Waals surface area (Å²) in [6, 6.07) is 8.30. The van der Waals surface area contributed by atoms with Crippen molar-refractivity contribution in [2.75, 3.05) is 17.7 Å². The molecule has 1 aromatic rings. The van der Waals surface area contributed by atoms with Gasteiger partial charge in [0.2, 0.25) is 0 Å². The predicted octanol–water partition coefficient (Wildman–Crippen LogP) is 3.93. The average Bonchev–Trinajstić information content (AvgIpc) is 2.36. The molecule has 4 nitrogen and oxygen atoms in total. The maximum atomic E-state index is 11.6. The molecule has 1 rings (SSSR count). The van der Waals surface area contributed by atoms with E-state index in [4.69, 9.17) is 4.18 Å². The first-order chi connectivity index (χ1) is 9.95. The van der Waals surface area contributed by atoms with Crippen molar-refractivity contribution in [1.29, 1.82) is 0 Å². The van der Waals surface area contributed by atoms with Gasteiger partial charge in [0.1, 0.15) is 0 Å². The summed E-state index contributed by atoms with van der Waals surface area (Å²) < 4.78 is 28.0. The lowest BCUT2D eigenvalue weighted by Crippen LogP contribution is -2.33. The summed E-state index contributed by atoms with van der Waals surface area (Å²) in [4.78, 5) is 0. The first kappa shape index (κ1) is 19.0. The van der Waals surface area contributed by atoms with Crippen LogP contribution in [0.4, 0.5) is 5.69 Å². The van der Waals surface area contributed by atoms with Crippen LogP contribution in [0, 0.1) is 0 Å². The molecule has 1 N–H and O–H groups in total. The summed E-state index contributed by atoms with van der Waals surface area (Å²) in [7, 11) is -3.42. The minimum absolute atomic E-state index is 0.0148. The Balaban J connectivity index is 2.68. The molecule has 0 saturated heterocycles. The molecule has 126 valence electrons. The van der Waals surface area contributed by atoms with E-state index >= 15 is 0 Å². The van der Waals surface area contributed by atoms with Crippen molar-refractivity contribution in [2.45, 2.75) is 58.9 Å². The maximum absolute atomic E-state index is 11.6. The van der Waals surface area contributed by atoms with Crippen molar-refractivity contribution in [3.63, 3.8) is 0 Å². The number of anilines is 1. The number of rotatable bonds is 7. The van der Waals surface area contributed by atoms with Crippen LogP contribution in [-0.4, -0.2) is 26.3 Å². The van der Waals surface area contributed by atoms with Crippen LogP contribution >= 0.6 is 0 Å². The molecule has 0 atom stereocenters. The van der Waals surface area contributed by atoms with Gasteiger partial charge in [0.15, 0.2) is 0 Å². The summed E-state index contributed by atoms with van der Waals surface area (Å²) in [6.45, 7) is 12.4. The third kappa shape index (κ3) is 6.36. The van der Waals surface area contributed by atoms with Crippen molar-refractivity contribution >= 4 is 15.8 Å². The Morgan fingerprint density at radius 2 is 1.59 bits per heavy atom. The van der Waals surface area contributed by atoms with Gasteiger partial charge in [-0.2, -0.15) is 8.42 Å². The molecule has 0 aromatic heterocycles. The van der Waals surface area contributed by atoms with Gasteiger partial charge in [0.25, 0.3) is 10.1 Å². The first-order valence-corrected chi connectivity index (χ1v) is 9.29. The highest BCUT2D eigenvalue weighted by Gasteiger charge is 2.22. The van der Waals surface area contributed by atoms with Crippen LogP contribution in [0.15, 0.2) is 24.3 Å². The minimum atomic E-state index is -3.42. The van der Waals surface area contributed by atoms with Gasteiger partial charge >= 0.3 is 0 Å². The van der Waals surface area contributed by atoms with Gasteiger partial charge in [-0.3, -0.25) is 4.18 Å². The van der Waals surface area contributed by atoms with Gasteiger partial charge in [-0.25, -0.2) is 0 Å². The van der Waals surface area contributed by atoms with Crippen LogP contribution in [0.25, 0.3) is 0 Å². The largest absolute Gasteiger partial charge is 0.380 e.